The van der Waals surface area contributed by atoms with Gasteiger partial charge in [-0.25, -0.2) is 0 Å². The number of nitro groups is 1. The fourth-order valence-electron chi connectivity index (χ4n) is 2.67. The van der Waals surface area contributed by atoms with Crippen molar-refractivity contribution in [1.82, 2.24) is 0 Å². The van der Waals surface area contributed by atoms with Crippen LogP contribution in [0.15, 0.2) is 82.8 Å². The predicted molar refractivity (Wildman–Crippen MR) is 120 cm³/mol. The highest BCUT2D eigenvalue weighted by Crippen LogP contribution is 2.27. The Hall–Kier alpha value is -3.96. The lowest BCUT2D eigenvalue weighted by molar-refractivity contribution is -0.384. The molecule has 0 aliphatic rings. The molecule has 3 aromatic carbocycles. The van der Waals surface area contributed by atoms with Crippen molar-refractivity contribution < 1.29 is 14.5 Å². The number of hydrogen-bond acceptors (Lipinski definition) is 5. The Balaban J connectivity index is 1.80. The summed E-state index contributed by atoms with van der Waals surface area (Å²) in [7, 11) is 0. The van der Waals surface area contributed by atoms with E-state index in [4.69, 9.17) is 4.74 Å². The van der Waals surface area contributed by atoms with Gasteiger partial charge in [0.1, 0.15) is 24.0 Å². The van der Waals surface area contributed by atoms with Crippen molar-refractivity contribution in [2.45, 2.75) is 6.61 Å². The first-order valence-electron chi connectivity index (χ1n) is 9.10. The molecule has 0 radical (unpaired) electrons. The number of hydrogen-bond donors (Lipinski definition) is 1. The van der Waals surface area contributed by atoms with Crippen LogP contribution in [-0.2, 0) is 11.4 Å². The highest BCUT2D eigenvalue weighted by molar-refractivity contribution is 9.10. The Morgan fingerprint density at radius 1 is 1.13 bits per heavy atom. The Kier molecular flexibility index (Phi) is 7.14. The molecule has 1 amide bonds. The number of rotatable bonds is 7. The Bertz CT molecular complexity index is 1170. The topological polar surface area (TPSA) is 105 Å². The maximum atomic E-state index is 12.6. The molecule has 0 aliphatic heterocycles. The number of benzene rings is 3. The third-order valence-electron chi connectivity index (χ3n) is 4.21. The van der Waals surface area contributed by atoms with Gasteiger partial charge in [-0.2, -0.15) is 5.26 Å². The van der Waals surface area contributed by atoms with Crippen LogP contribution < -0.4 is 10.1 Å². The summed E-state index contributed by atoms with van der Waals surface area (Å²) in [6.07, 6.45) is 1.44. The molecule has 1 N–H and O–H groups in total. The molecule has 0 saturated carbocycles. The van der Waals surface area contributed by atoms with Crippen LogP contribution in [-0.4, -0.2) is 10.8 Å². The van der Waals surface area contributed by atoms with Crippen LogP contribution in [0.25, 0.3) is 6.08 Å². The van der Waals surface area contributed by atoms with Crippen molar-refractivity contribution in [1.29, 1.82) is 5.26 Å². The number of non-ortho nitro benzene ring substituents is 1. The zero-order chi connectivity index (χ0) is 22.2. The molecule has 0 aromatic heterocycles. The summed E-state index contributed by atoms with van der Waals surface area (Å²) in [6, 6.07) is 22.2. The van der Waals surface area contributed by atoms with Crippen molar-refractivity contribution in [3.05, 3.63) is 104 Å². The first kappa shape index (κ1) is 21.7. The molecule has 3 aromatic rings. The molecule has 0 heterocycles. The van der Waals surface area contributed by atoms with E-state index < -0.39 is 10.8 Å². The maximum absolute atomic E-state index is 12.6. The highest BCUT2D eigenvalue weighted by atomic mass is 79.9. The van der Waals surface area contributed by atoms with Gasteiger partial charge in [0.05, 0.1) is 4.92 Å². The molecule has 0 atom stereocenters. The van der Waals surface area contributed by atoms with Crippen molar-refractivity contribution in [3.63, 3.8) is 0 Å². The lowest BCUT2D eigenvalue weighted by Crippen LogP contribution is -2.13. The predicted octanol–water partition coefficient (Wildman–Crippen LogP) is 5.48. The zero-order valence-corrected chi connectivity index (χ0v) is 17.7. The molecule has 7 nitrogen and oxygen atoms in total. The van der Waals surface area contributed by atoms with Gasteiger partial charge in [-0.1, -0.05) is 46.3 Å². The number of ether oxygens (including phenoxy) is 1. The average molecular weight is 478 g/mol. The number of nitrogens with one attached hydrogen (secondary N) is 1. The highest BCUT2D eigenvalue weighted by Gasteiger charge is 2.13. The average Bonchev–Trinajstić information content (AvgIpc) is 2.77. The molecule has 8 heteroatoms. The molecule has 154 valence electrons. The summed E-state index contributed by atoms with van der Waals surface area (Å²) in [4.78, 5) is 22.8. The second-order valence-electron chi connectivity index (χ2n) is 6.38. The normalized spacial score (nSPS) is 10.8. The molecule has 0 spiro atoms. The molecule has 0 aliphatic carbocycles. The zero-order valence-electron chi connectivity index (χ0n) is 16.1. The van der Waals surface area contributed by atoms with E-state index in [0.29, 0.717) is 23.6 Å². The summed E-state index contributed by atoms with van der Waals surface area (Å²) in [5.74, 6) is -0.117. The van der Waals surface area contributed by atoms with Crippen LogP contribution in [0.3, 0.4) is 0 Å². The van der Waals surface area contributed by atoms with E-state index >= 15 is 0 Å². The molecule has 0 saturated heterocycles. The number of nitriles is 1. The standard InChI is InChI=1S/C23H16BrN3O4/c24-19-6-11-22(31-15-16-4-2-1-3-5-16)17(13-19)12-18(14-25)23(28)26-20-7-9-21(10-8-20)27(29)30/h1-13H,15H2,(H,26,28). The van der Waals surface area contributed by atoms with E-state index in [9.17, 15) is 20.2 Å². The second kappa shape index (κ2) is 10.2. The minimum absolute atomic E-state index is 0.0941. The molecule has 3 rings (SSSR count). The third-order valence-corrected chi connectivity index (χ3v) is 4.70. The number of halogens is 1. The fraction of sp³-hybridized carbons (Fsp3) is 0.0435. The number of anilines is 1. The van der Waals surface area contributed by atoms with E-state index in [1.165, 1.54) is 30.3 Å². The van der Waals surface area contributed by atoms with Crippen LogP contribution >= 0.6 is 15.9 Å². The summed E-state index contributed by atoms with van der Waals surface area (Å²) in [6.45, 7) is 0.334. The van der Waals surface area contributed by atoms with E-state index in [-0.39, 0.29) is 11.3 Å². The number of nitro benzene ring substituents is 1. The smallest absolute Gasteiger partial charge is 0.269 e. The largest absolute Gasteiger partial charge is 0.488 e. The quantitative estimate of drug-likeness (QED) is 0.210. The van der Waals surface area contributed by atoms with Crippen LogP contribution in [0.5, 0.6) is 5.75 Å². The summed E-state index contributed by atoms with van der Waals surface area (Å²) in [5.41, 5.74) is 1.65. The van der Waals surface area contributed by atoms with Gasteiger partial charge < -0.3 is 10.1 Å². The first-order chi connectivity index (χ1) is 15.0. The van der Waals surface area contributed by atoms with Crippen molar-refractivity contribution in [2.24, 2.45) is 0 Å². The van der Waals surface area contributed by atoms with Gasteiger partial charge in [-0.05, 0) is 42.0 Å². The minimum atomic E-state index is -0.634. The van der Waals surface area contributed by atoms with Crippen LogP contribution in [0, 0.1) is 21.4 Å². The molecule has 0 unspecified atom stereocenters. The number of nitrogens with zero attached hydrogens (tertiary/aromatic N) is 2. The van der Waals surface area contributed by atoms with Crippen LogP contribution in [0.4, 0.5) is 11.4 Å². The molecule has 31 heavy (non-hydrogen) atoms. The van der Waals surface area contributed by atoms with Crippen molar-refractivity contribution in [2.75, 3.05) is 5.32 Å². The number of carbonyl (C=O) groups is 1. The maximum Gasteiger partial charge on any atom is 0.269 e. The van der Waals surface area contributed by atoms with Crippen LogP contribution in [0.2, 0.25) is 0 Å². The van der Waals surface area contributed by atoms with Gasteiger partial charge in [0.15, 0.2) is 0 Å². The Morgan fingerprint density at radius 3 is 2.48 bits per heavy atom. The lowest BCUT2D eigenvalue weighted by Gasteiger charge is -2.11. The molecule has 0 bridgehead atoms. The van der Waals surface area contributed by atoms with E-state index in [1.54, 1.807) is 18.2 Å². The van der Waals surface area contributed by atoms with Crippen molar-refractivity contribution in [3.8, 4) is 11.8 Å². The molecule has 0 fully saturated rings. The van der Waals surface area contributed by atoms with Crippen molar-refractivity contribution >= 4 is 39.3 Å². The fourth-order valence-corrected chi connectivity index (χ4v) is 3.05. The monoisotopic (exact) mass is 477 g/mol. The van der Waals surface area contributed by atoms with Crippen LogP contribution in [0.1, 0.15) is 11.1 Å². The van der Waals surface area contributed by atoms with E-state index in [1.807, 2.05) is 36.4 Å². The summed E-state index contributed by atoms with van der Waals surface area (Å²) >= 11 is 3.39. The molecular formula is C23H16BrN3O4. The molecular weight excluding hydrogens is 462 g/mol. The second-order valence-corrected chi connectivity index (χ2v) is 7.30. The van der Waals surface area contributed by atoms with Gasteiger partial charge in [-0.3, -0.25) is 14.9 Å². The van der Waals surface area contributed by atoms with Gasteiger partial charge in [0.25, 0.3) is 11.6 Å². The Morgan fingerprint density at radius 2 is 1.84 bits per heavy atom. The van der Waals surface area contributed by atoms with Gasteiger partial charge in [0, 0.05) is 27.9 Å². The summed E-state index contributed by atoms with van der Waals surface area (Å²) < 4.78 is 6.65. The number of amides is 1. The lowest BCUT2D eigenvalue weighted by atomic mass is 10.1. The third kappa shape index (κ3) is 6.01. The summed E-state index contributed by atoms with van der Waals surface area (Å²) in [5, 5.41) is 22.8. The Labute approximate surface area is 186 Å². The SMILES string of the molecule is N#CC(=Cc1cc(Br)ccc1OCc1ccccc1)C(=O)Nc1ccc([N+](=O)[O-])cc1. The first-order valence-corrected chi connectivity index (χ1v) is 9.89. The number of carbonyl (C=O) groups excluding carboxylic acids is 1. The van der Waals surface area contributed by atoms with Gasteiger partial charge >= 0.3 is 0 Å². The van der Waals surface area contributed by atoms with E-state index in [2.05, 4.69) is 21.2 Å². The van der Waals surface area contributed by atoms with E-state index in [0.717, 1.165) is 10.0 Å². The van der Waals surface area contributed by atoms with Gasteiger partial charge in [-0.15, -0.1) is 0 Å². The van der Waals surface area contributed by atoms with Gasteiger partial charge in [0.2, 0.25) is 0 Å². The minimum Gasteiger partial charge on any atom is -0.488 e.